The lowest BCUT2D eigenvalue weighted by atomic mass is 10.0. The van der Waals surface area contributed by atoms with Gasteiger partial charge in [0.1, 0.15) is 5.75 Å². The first-order chi connectivity index (χ1) is 11.9. The Morgan fingerprint density at radius 2 is 1.76 bits per heavy atom. The Bertz CT molecular complexity index is 715. The van der Waals surface area contributed by atoms with E-state index in [1.54, 1.807) is 25.3 Å². The van der Waals surface area contributed by atoms with Crippen LogP contribution in [0, 0.1) is 0 Å². The number of amides is 1. The second-order valence-electron chi connectivity index (χ2n) is 5.90. The molecular weight excluding hydrogens is 359 g/mol. The lowest BCUT2D eigenvalue weighted by Gasteiger charge is -2.26. The van der Waals surface area contributed by atoms with Crippen LogP contribution in [0.4, 0.5) is 0 Å². The predicted octanol–water partition coefficient (Wildman–Crippen LogP) is 3.96. The number of carbonyl (C=O) groups is 1. The molecule has 1 amide bonds. The van der Waals surface area contributed by atoms with Crippen LogP contribution in [0.2, 0.25) is 10.0 Å². The third kappa shape index (κ3) is 5.11. The maximum atomic E-state index is 12.4. The molecule has 0 unspecified atom stereocenters. The number of nitrogens with zero attached hydrogens (tertiary/aromatic N) is 1. The molecule has 0 radical (unpaired) electrons. The minimum absolute atomic E-state index is 0.0122. The van der Waals surface area contributed by atoms with Gasteiger partial charge in [-0.05, 0) is 37.9 Å². The van der Waals surface area contributed by atoms with Crippen LogP contribution >= 0.6 is 23.2 Å². The van der Waals surface area contributed by atoms with Gasteiger partial charge in [-0.1, -0.05) is 47.5 Å². The van der Waals surface area contributed by atoms with Crippen LogP contribution in [0.5, 0.6) is 5.75 Å². The van der Waals surface area contributed by atoms with Gasteiger partial charge in [-0.2, -0.15) is 0 Å². The summed E-state index contributed by atoms with van der Waals surface area (Å²) in [5.74, 6) is 0.668. The van der Waals surface area contributed by atoms with Crippen molar-refractivity contribution in [2.24, 2.45) is 0 Å². The molecule has 0 aromatic heterocycles. The molecule has 0 fully saturated rings. The molecule has 0 heterocycles. The molecule has 0 aliphatic heterocycles. The van der Waals surface area contributed by atoms with Crippen molar-refractivity contribution in [2.45, 2.75) is 12.5 Å². The van der Waals surface area contributed by atoms with E-state index in [1.807, 2.05) is 43.3 Å². The minimum Gasteiger partial charge on any atom is -0.496 e. The summed E-state index contributed by atoms with van der Waals surface area (Å²) in [7, 11) is 5.58. The van der Waals surface area contributed by atoms with Crippen molar-refractivity contribution in [3.8, 4) is 5.75 Å². The summed E-state index contributed by atoms with van der Waals surface area (Å²) in [5.41, 5.74) is 1.66. The lowest BCUT2D eigenvalue weighted by molar-refractivity contribution is -0.120. The second-order valence-corrected chi connectivity index (χ2v) is 6.72. The molecule has 0 aliphatic rings. The normalized spacial score (nSPS) is 12.1. The van der Waals surface area contributed by atoms with Gasteiger partial charge in [-0.25, -0.2) is 0 Å². The molecule has 0 bridgehead atoms. The number of para-hydroxylation sites is 1. The molecular formula is C19H22Cl2N2O2. The number of nitrogens with one attached hydrogen (secondary N) is 1. The molecule has 2 aromatic rings. The maximum Gasteiger partial charge on any atom is 0.224 e. The Morgan fingerprint density at radius 3 is 2.36 bits per heavy atom. The first-order valence-corrected chi connectivity index (χ1v) is 8.68. The lowest BCUT2D eigenvalue weighted by Crippen LogP contribution is -2.35. The van der Waals surface area contributed by atoms with Crippen molar-refractivity contribution >= 4 is 29.1 Å². The highest BCUT2D eigenvalue weighted by Crippen LogP contribution is 2.28. The molecule has 1 atom stereocenters. The Balaban J connectivity index is 2.07. The van der Waals surface area contributed by atoms with E-state index in [1.165, 1.54) is 0 Å². The van der Waals surface area contributed by atoms with Gasteiger partial charge in [-0.15, -0.1) is 0 Å². The summed E-state index contributed by atoms with van der Waals surface area (Å²) < 4.78 is 5.44. The van der Waals surface area contributed by atoms with Crippen LogP contribution in [-0.4, -0.2) is 38.6 Å². The minimum atomic E-state index is -0.128. The van der Waals surface area contributed by atoms with Crippen molar-refractivity contribution in [3.63, 3.8) is 0 Å². The number of likely N-dealkylation sites (N-methyl/N-ethyl adjacent to an activating group) is 1. The number of rotatable bonds is 7. The van der Waals surface area contributed by atoms with E-state index in [0.717, 1.165) is 11.3 Å². The van der Waals surface area contributed by atoms with Gasteiger partial charge < -0.3 is 15.0 Å². The van der Waals surface area contributed by atoms with E-state index in [0.29, 0.717) is 22.2 Å². The summed E-state index contributed by atoms with van der Waals surface area (Å²) in [6.07, 6.45) is 0.143. The number of hydrogen-bond donors (Lipinski definition) is 1. The summed E-state index contributed by atoms with van der Waals surface area (Å²) in [4.78, 5) is 14.4. The number of halogens is 2. The van der Waals surface area contributed by atoms with Crippen LogP contribution in [0.1, 0.15) is 17.2 Å². The fraction of sp³-hybridized carbons (Fsp3) is 0.316. The maximum absolute atomic E-state index is 12.4. The van der Waals surface area contributed by atoms with Crippen molar-refractivity contribution in [3.05, 3.63) is 63.6 Å². The summed E-state index contributed by atoms with van der Waals surface area (Å²) in [6, 6.07) is 13.0. The van der Waals surface area contributed by atoms with Crippen LogP contribution in [0.25, 0.3) is 0 Å². The van der Waals surface area contributed by atoms with E-state index in [4.69, 9.17) is 27.9 Å². The highest BCUT2D eigenvalue weighted by atomic mass is 35.5. The van der Waals surface area contributed by atoms with E-state index in [2.05, 4.69) is 5.32 Å². The average Bonchev–Trinajstić information content (AvgIpc) is 2.58. The Hall–Kier alpha value is -1.75. The standard InChI is InChI=1S/C19H22Cl2N2O2/c1-23(2)17(13-7-4-5-10-18(13)25-3)12-22-19(24)11-14-15(20)8-6-9-16(14)21/h4-10,17H,11-12H2,1-3H3,(H,22,24)/t17-/m1/s1. The van der Waals surface area contributed by atoms with E-state index >= 15 is 0 Å². The smallest absolute Gasteiger partial charge is 0.224 e. The molecule has 134 valence electrons. The SMILES string of the molecule is COc1ccccc1[C@@H](CNC(=O)Cc1c(Cl)cccc1Cl)N(C)C. The van der Waals surface area contributed by atoms with Crippen LogP contribution in [-0.2, 0) is 11.2 Å². The van der Waals surface area contributed by atoms with Gasteiger partial charge in [0.2, 0.25) is 5.91 Å². The highest BCUT2D eigenvalue weighted by Gasteiger charge is 2.19. The Labute approximate surface area is 158 Å². The van der Waals surface area contributed by atoms with Crippen molar-refractivity contribution in [1.29, 1.82) is 0 Å². The summed E-state index contributed by atoms with van der Waals surface area (Å²) >= 11 is 12.3. The van der Waals surface area contributed by atoms with Crippen LogP contribution in [0.3, 0.4) is 0 Å². The van der Waals surface area contributed by atoms with Gasteiger partial charge in [0.15, 0.2) is 0 Å². The molecule has 0 spiro atoms. The quantitative estimate of drug-likeness (QED) is 0.789. The predicted molar refractivity (Wildman–Crippen MR) is 103 cm³/mol. The Morgan fingerprint density at radius 1 is 1.12 bits per heavy atom. The molecule has 25 heavy (non-hydrogen) atoms. The first kappa shape index (κ1) is 19.6. The van der Waals surface area contributed by atoms with Gasteiger partial charge in [0, 0.05) is 22.2 Å². The third-order valence-corrected chi connectivity index (χ3v) is 4.72. The second kappa shape index (κ2) is 9.09. The zero-order valence-electron chi connectivity index (χ0n) is 14.6. The zero-order chi connectivity index (χ0) is 18.4. The van der Waals surface area contributed by atoms with Crippen LogP contribution < -0.4 is 10.1 Å². The largest absolute Gasteiger partial charge is 0.496 e. The van der Waals surface area contributed by atoms with Crippen molar-refractivity contribution < 1.29 is 9.53 Å². The topological polar surface area (TPSA) is 41.6 Å². The number of methoxy groups -OCH3 is 1. The van der Waals surface area contributed by atoms with Crippen LogP contribution in [0.15, 0.2) is 42.5 Å². The number of hydrogen-bond acceptors (Lipinski definition) is 3. The number of carbonyl (C=O) groups excluding carboxylic acids is 1. The molecule has 2 aromatic carbocycles. The molecule has 0 aliphatic carbocycles. The summed E-state index contributed by atoms with van der Waals surface area (Å²) in [5, 5.41) is 3.96. The fourth-order valence-electron chi connectivity index (χ4n) is 2.65. The number of benzene rings is 2. The number of ether oxygens (including phenoxy) is 1. The molecule has 2 rings (SSSR count). The molecule has 0 saturated carbocycles. The molecule has 0 saturated heterocycles. The van der Waals surface area contributed by atoms with Gasteiger partial charge in [-0.3, -0.25) is 4.79 Å². The zero-order valence-corrected chi connectivity index (χ0v) is 16.1. The molecule has 4 nitrogen and oxygen atoms in total. The fourth-order valence-corrected chi connectivity index (χ4v) is 3.18. The monoisotopic (exact) mass is 380 g/mol. The Kier molecular flexibility index (Phi) is 7.12. The van der Waals surface area contributed by atoms with Crippen molar-refractivity contribution in [2.75, 3.05) is 27.7 Å². The molecule has 1 N–H and O–H groups in total. The van der Waals surface area contributed by atoms with Crippen molar-refractivity contribution in [1.82, 2.24) is 10.2 Å². The van der Waals surface area contributed by atoms with Gasteiger partial charge in [0.25, 0.3) is 0 Å². The first-order valence-electron chi connectivity index (χ1n) is 7.93. The average molecular weight is 381 g/mol. The van der Waals surface area contributed by atoms with E-state index in [-0.39, 0.29) is 18.4 Å². The third-order valence-electron chi connectivity index (χ3n) is 4.01. The van der Waals surface area contributed by atoms with E-state index < -0.39 is 0 Å². The van der Waals surface area contributed by atoms with E-state index in [9.17, 15) is 4.79 Å². The summed E-state index contributed by atoms with van der Waals surface area (Å²) in [6.45, 7) is 0.453. The van der Waals surface area contributed by atoms with Gasteiger partial charge >= 0.3 is 0 Å². The molecule has 6 heteroatoms. The highest BCUT2D eigenvalue weighted by molar-refractivity contribution is 6.36. The van der Waals surface area contributed by atoms with Gasteiger partial charge in [0.05, 0.1) is 19.6 Å².